The van der Waals surface area contributed by atoms with Gasteiger partial charge in [-0.05, 0) is 155 Å². The van der Waals surface area contributed by atoms with Crippen molar-refractivity contribution >= 4 is 82.9 Å². The third kappa shape index (κ3) is 35.3. The van der Waals surface area contributed by atoms with Gasteiger partial charge in [0.2, 0.25) is 59.1 Å². The average Bonchev–Trinajstić information content (AvgIpc) is 2.24. The second-order valence-corrected chi connectivity index (χ2v) is 21.0. The number of carbonyl (C=O) groups is 10. The lowest BCUT2D eigenvalue weighted by atomic mass is 10.0. The van der Waals surface area contributed by atoms with E-state index in [1.165, 1.54) is 0 Å². The number of hydrogen-bond donors (Lipinski definition) is 22. The van der Waals surface area contributed by atoms with E-state index >= 15 is 0 Å². The lowest BCUT2D eigenvalue weighted by molar-refractivity contribution is -0.136. The number of amides is 10. The van der Waals surface area contributed by atoms with Gasteiger partial charge in [-0.1, -0.05) is 0 Å². The highest BCUT2D eigenvalue weighted by Gasteiger charge is 2.35. The van der Waals surface area contributed by atoms with E-state index < -0.39 is 120 Å². The van der Waals surface area contributed by atoms with E-state index in [0.29, 0.717) is 51.4 Å². The molecule has 1 aliphatic heterocycles. The standard InChI is InChI=1S/C52H102N26O10/c53-21-5-1-13-31-41(81)70-29-39(79)69-30-40(80)71-32(14-2-6-22-54)42(82)75-36(18-10-26-66-50(59)60)47(87)78-37(19-11-27-67-51(61)62)46(86)74-33(15-3-7-23-55)43(83)73-34(16-4-8-24-56)44(84)76-38(20-12-28-68-52(63)64)48(88)77-35(45(85)72-31)17-9-25-65-49(57)58/h31-38H,1-30,53-56H2,(H,69,79)(H,70,81)(H,71,80)(H,72,85)(H,73,83)(H,74,86)(H,75,82)(H,76,84)(H,77,88)(H,78,87)(H4,57,58,65)(H4,59,60,66)(H4,61,62,67)(H4,63,64,68)/t31-,32+,33-,34+,35-,36-,37-,38-/m0/s1. The number of nitrogens with zero attached hydrogens (tertiary/aromatic N) is 4. The molecule has 0 aromatic carbocycles. The number of rotatable bonds is 32. The maximum Gasteiger partial charge on any atom is 0.243 e. The van der Waals surface area contributed by atoms with Crippen LogP contribution in [0.5, 0.6) is 0 Å². The maximum absolute atomic E-state index is 14.6. The van der Waals surface area contributed by atoms with Crippen molar-refractivity contribution in [1.29, 1.82) is 0 Å². The highest BCUT2D eigenvalue weighted by molar-refractivity contribution is 5.99. The molecule has 0 spiro atoms. The Bertz CT molecular complexity index is 2250. The highest BCUT2D eigenvalue weighted by Crippen LogP contribution is 2.12. The molecule has 10 amide bonds. The number of carbonyl (C=O) groups excluding carboxylic acids is 10. The fourth-order valence-electron chi connectivity index (χ4n) is 8.82. The molecular weight excluding hydrogens is 1150 g/mol. The summed E-state index contributed by atoms with van der Waals surface area (Å²) in [6.45, 7) is -0.374. The zero-order chi connectivity index (χ0) is 65.8. The summed E-state index contributed by atoms with van der Waals surface area (Å²) >= 11 is 0. The molecule has 1 fully saturated rings. The summed E-state index contributed by atoms with van der Waals surface area (Å²) in [5, 5.41) is 26.3. The first-order chi connectivity index (χ1) is 42.0. The van der Waals surface area contributed by atoms with E-state index in [9.17, 15) is 47.9 Å². The third-order valence-electron chi connectivity index (χ3n) is 13.5. The van der Waals surface area contributed by atoms with E-state index in [4.69, 9.17) is 68.8 Å². The summed E-state index contributed by atoms with van der Waals surface area (Å²) in [6, 6.07) is -10.9. The van der Waals surface area contributed by atoms with Crippen LogP contribution in [0.3, 0.4) is 0 Å². The largest absolute Gasteiger partial charge is 0.370 e. The van der Waals surface area contributed by atoms with Crippen LogP contribution in [0.2, 0.25) is 0 Å². The minimum atomic E-state index is -1.42. The second-order valence-electron chi connectivity index (χ2n) is 21.0. The van der Waals surface area contributed by atoms with Crippen molar-refractivity contribution in [2.24, 2.45) is 88.8 Å². The van der Waals surface area contributed by atoms with Gasteiger partial charge in [-0.3, -0.25) is 67.9 Å². The number of nitrogens with two attached hydrogens (primary N) is 12. The fraction of sp³-hybridized carbons (Fsp3) is 0.731. The lowest BCUT2D eigenvalue weighted by Gasteiger charge is -2.28. The third-order valence-corrected chi connectivity index (χ3v) is 13.5. The Morgan fingerprint density at radius 1 is 0.273 bits per heavy atom. The van der Waals surface area contributed by atoms with Crippen molar-refractivity contribution in [2.75, 3.05) is 65.4 Å². The van der Waals surface area contributed by atoms with Gasteiger partial charge < -0.3 is 122 Å². The molecule has 1 rings (SSSR count). The molecule has 36 nitrogen and oxygen atoms in total. The van der Waals surface area contributed by atoms with Crippen LogP contribution in [0.15, 0.2) is 20.0 Å². The molecule has 88 heavy (non-hydrogen) atoms. The lowest BCUT2D eigenvalue weighted by Crippen LogP contribution is -2.60. The van der Waals surface area contributed by atoms with Crippen LogP contribution in [0.1, 0.15) is 128 Å². The maximum atomic E-state index is 14.6. The highest BCUT2D eigenvalue weighted by atomic mass is 16.2. The first-order valence-corrected chi connectivity index (χ1v) is 29.9. The van der Waals surface area contributed by atoms with E-state index in [1.807, 2.05) is 0 Å². The van der Waals surface area contributed by atoms with Gasteiger partial charge in [-0.15, -0.1) is 0 Å². The molecule has 0 aromatic heterocycles. The van der Waals surface area contributed by atoms with Crippen LogP contribution in [0.25, 0.3) is 0 Å². The molecule has 8 atom stereocenters. The summed E-state index contributed by atoms with van der Waals surface area (Å²) in [5.74, 6) is -9.36. The van der Waals surface area contributed by atoms with Crippen LogP contribution in [-0.4, -0.2) is 197 Å². The van der Waals surface area contributed by atoms with Crippen LogP contribution in [-0.2, 0) is 47.9 Å². The van der Waals surface area contributed by atoms with Gasteiger partial charge in [0.05, 0.1) is 13.1 Å². The fourth-order valence-corrected chi connectivity index (χ4v) is 8.82. The first-order valence-electron chi connectivity index (χ1n) is 29.9. The molecule has 0 aromatic rings. The second kappa shape index (κ2) is 45.9. The van der Waals surface area contributed by atoms with Crippen molar-refractivity contribution in [3.05, 3.63) is 0 Å². The molecule has 500 valence electrons. The molecule has 34 N–H and O–H groups in total. The minimum Gasteiger partial charge on any atom is -0.370 e. The zero-order valence-electron chi connectivity index (χ0n) is 50.6. The Balaban J connectivity index is 4.20. The Morgan fingerprint density at radius 3 is 0.705 bits per heavy atom. The summed E-state index contributed by atoms with van der Waals surface area (Å²) < 4.78 is 0. The van der Waals surface area contributed by atoms with Gasteiger partial charge in [0.1, 0.15) is 48.3 Å². The van der Waals surface area contributed by atoms with Crippen molar-refractivity contribution < 1.29 is 47.9 Å². The van der Waals surface area contributed by atoms with Gasteiger partial charge >= 0.3 is 0 Å². The average molecular weight is 1250 g/mol. The van der Waals surface area contributed by atoms with Gasteiger partial charge in [0, 0.05) is 26.2 Å². The van der Waals surface area contributed by atoms with Gasteiger partial charge in [0.25, 0.3) is 0 Å². The SMILES string of the molecule is NCCCC[C@@H]1NC(=O)[C@H](CCCN=C(N)N)NC(=O)[C@H](CCCN=C(N)N)NC(=O)[C@@H](CCCCN)NC(=O)[C@H](CCCCN)NC(=O)[C@H](CCCN=C(N)N)NC(=O)[C@H](CCCN=C(N)N)NC(=O)[C@@H](CCCCN)NC(=O)CNC(=O)CNC1=O. The van der Waals surface area contributed by atoms with Crippen LogP contribution in [0, 0.1) is 0 Å². The molecule has 0 radical (unpaired) electrons. The first kappa shape index (κ1) is 77.6. The van der Waals surface area contributed by atoms with Gasteiger partial charge in [-0.25, -0.2) is 0 Å². The summed E-state index contributed by atoms with van der Waals surface area (Å²) in [6.07, 6.45) is 3.06. The summed E-state index contributed by atoms with van der Waals surface area (Å²) in [4.78, 5) is 158. The monoisotopic (exact) mass is 1250 g/mol. The smallest absolute Gasteiger partial charge is 0.243 e. The molecule has 0 aliphatic carbocycles. The number of hydrogen-bond acceptors (Lipinski definition) is 18. The topological polar surface area (TPSA) is 653 Å². The Labute approximate surface area is 513 Å². The van der Waals surface area contributed by atoms with Crippen molar-refractivity contribution in [2.45, 2.75) is 177 Å². The summed E-state index contributed by atoms with van der Waals surface area (Å²) in [5.41, 5.74) is 67.7. The van der Waals surface area contributed by atoms with Crippen molar-refractivity contribution in [3.63, 3.8) is 0 Å². The van der Waals surface area contributed by atoms with Gasteiger partial charge in [-0.2, -0.15) is 0 Å². The predicted octanol–water partition coefficient (Wildman–Crippen LogP) is -9.16. The molecule has 0 unspecified atom stereocenters. The number of aliphatic imine (C=N–C) groups is 4. The zero-order valence-corrected chi connectivity index (χ0v) is 50.6. The molecule has 1 heterocycles. The van der Waals surface area contributed by atoms with E-state index in [0.717, 1.165) is 0 Å². The van der Waals surface area contributed by atoms with Gasteiger partial charge in [0.15, 0.2) is 23.8 Å². The molecule has 0 saturated carbocycles. The minimum absolute atomic E-state index is 0.0105. The Kier molecular flexibility index (Phi) is 40.5. The van der Waals surface area contributed by atoms with Crippen LogP contribution < -0.4 is 122 Å². The van der Waals surface area contributed by atoms with E-state index in [1.54, 1.807) is 0 Å². The quantitative estimate of drug-likeness (QED) is 0.0169. The van der Waals surface area contributed by atoms with Crippen LogP contribution in [0.4, 0.5) is 0 Å². The predicted molar refractivity (Wildman–Crippen MR) is 333 cm³/mol. The number of unbranched alkanes of at least 4 members (excludes halogenated alkanes) is 4. The molecule has 36 heteroatoms. The Hall–Kier alpha value is -8.38. The van der Waals surface area contributed by atoms with Crippen molar-refractivity contribution in [1.82, 2.24) is 53.2 Å². The van der Waals surface area contributed by atoms with Crippen LogP contribution >= 0.6 is 0 Å². The number of nitrogens with one attached hydrogen (secondary N) is 10. The van der Waals surface area contributed by atoms with Crippen molar-refractivity contribution in [3.8, 4) is 0 Å². The number of guanidine groups is 4. The Morgan fingerprint density at radius 2 is 0.477 bits per heavy atom. The molecular formula is C52H102N26O10. The normalized spacial score (nSPS) is 21.8. The summed E-state index contributed by atoms with van der Waals surface area (Å²) in [7, 11) is 0. The van der Waals surface area contributed by atoms with E-state index in [-0.39, 0.29) is 153 Å². The molecule has 1 aliphatic rings. The van der Waals surface area contributed by atoms with E-state index in [2.05, 4.69) is 73.1 Å². The molecule has 1 saturated heterocycles. The molecule has 0 bridgehead atoms.